The molecule has 0 aliphatic carbocycles. The van der Waals surface area contributed by atoms with Crippen molar-refractivity contribution in [2.24, 2.45) is 0 Å². The first-order valence-corrected chi connectivity index (χ1v) is 9.18. The maximum Gasteiger partial charge on any atom is 0.323 e. The highest BCUT2D eigenvalue weighted by molar-refractivity contribution is 5.90. The first-order valence-electron chi connectivity index (χ1n) is 9.18. The van der Waals surface area contributed by atoms with Crippen molar-refractivity contribution in [2.75, 3.05) is 7.11 Å². The van der Waals surface area contributed by atoms with Crippen LogP contribution in [0.4, 0.5) is 0 Å². The number of hydroxylamine groups is 1. The summed E-state index contributed by atoms with van der Waals surface area (Å²) >= 11 is 0. The van der Waals surface area contributed by atoms with Gasteiger partial charge in [-0.3, -0.25) is 14.8 Å². The molecule has 3 aromatic rings. The lowest BCUT2D eigenvalue weighted by Gasteiger charge is -2.16. The summed E-state index contributed by atoms with van der Waals surface area (Å²) in [6.07, 6.45) is 5.26. The molecule has 7 nitrogen and oxygen atoms in total. The number of aromatic amines is 1. The summed E-state index contributed by atoms with van der Waals surface area (Å²) in [5.41, 5.74) is 5.43. The van der Waals surface area contributed by atoms with E-state index in [9.17, 15) is 9.59 Å². The Hall–Kier alpha value is -3.42. The van der Waals surface area contributed by atoms with Crippen molar-refractivity contribution in [3.63, 3.8) is 0 Å². The van der Waals surface area contributed by atoms with Gasteiger partial charge in [-0.1, -0.05) is 42.5 Å². The minimum atomic E-state index is -0.589. The zero-order chi connectivity index (χ0) is 20.6. The lowest BCUT2D eigenvalue weighted by Crippen LogP contribution is -2.39. The zero-order valence-electron chi connectivity index (χ0n) is 16.0. The molecule has 0 fully saturated rings. The molecule has 0 saturated heterocycles. The number of hydrogen-bond donors (Lipinski definition) is 4. The van der Waals surface area contributed by atoms with Gasteiger partial charge in [-0.25, -0.2) is 5.48 Å². The molecular weight excluding hydrogens is 370 g/mol. The van der Waals surface area contributed by atoms with Crippen molar-refractivity contribution < 1.29 is 19.5 Å². The molecule has 1 atom stereocenters. The lowest BCUT2D eigenvalue weighted by atomic mass is 10.0. The Balaban J connectivity index is 1.66. The second-order valence-corrected chi connectivity index (χ2v) is 6.57. The van der Waals surface area contributed by atoms with E-state index in [1.54, 1.807) is 11.6 Å². The fraction of sp³-hybridized carbons (Fsp3) is 0.182. The van der Waals surface area contributed by atoms with Gasteiger partial charge < -0.3 is 15.0 Å². The number of carbonyl (C=O) groups excluding carboxylic acids is 2. The van der Waals surface area contributed by atoms with Crippen LogP contribution >= 0.6 is 0 Å². The molecular formula is C22H23N3O4. The molecule has 0 spiro atoms. The van der Waals surface area contributed by atoms with Crippen molar-refractivity contribution in [3.8, 4) is 0 Å². The van der Waals surface area contributed by atoms with Crippen LogP contribution in [0.5, 0.6) is 0 Å². The van der Waals surface area contributed by atoms with Crippen LogP contribution < -0.4 is 10.8 Å². The third-order valence-electron chi connectivity index (χ3n) is 4.65. The summed E-state index contributed by atoms with van der Waals surface area (Å²) in [6.45, 7) is 0.489. The molecule has 150 valence electrons. The van der Waals surface area contributed by atoms with Gasteiger partial charge in [0, 0.05) is 36.1 Å². The highest BCUT2D eigenvalue weighted by Crippen LogP contribution is 2.19. The van der Waals surface area contributed by atoms with Crippen LogP contribution in [0.2, 0.25) is 0 Å². The second-order valence-electron chi connectivity index (χ2n) is 6.57. The van der Waals surface area contributed by atoms with Crippen LogP contribution in [0.25, 0.3) is 17.0 Å². The number of amides is 1. The van der Waals surface area contributed by atoms with Crippen molar-refractivity contribution in [1.82, 2.24) is 15.8 Å². The minimum Gasteiger partial charge on any atom is -0.468 e. The Labute approximate surface area is 168 Å². The first kappa shape index (κ1) is 20.3. The fourth-order valence-corrected chi connectivity index (χ4v) is 3.10. The van der Waals surface area contributed by atoms with Crippen LogP contribution in [0.3, 0.4) is 0 Å². The van der Waals surface area contributed by atoms with Gasteiger partial charge in [0.15, 0.2) is 0 Å². The SMILES string of the molecule is COC(=O)[C@H](Cc1c[nH]c2ccccc12)NCc1ccc(/C=C/C(=O)NO)cc1. The summed E-state index contributed by atoms with van der Waals surface area (Å²) in [4.78, 5) is 26.5. The van der Waals surface area contributed by atoms with Crippen LogP contribution in [0.15, 0.2) is 60.8 Å². The Morgan fingerprint density at radius 3 is 2.66 bits per heavy atom. The minimum absolute atomic E-state index is 0.315. The Bertz CT molecular complexity index is 1010. The molecule has 0 bridgehead atoms. The van der Waals surface area contributed by atoms with Crippen LogP contribution in [0, 0.1) is 0 Å². The molecule has 0 radical (unpaired) electrons. The van der Waals surface area contributed by atoms with Gasteiger partial charge in [0.1, 0.15) is 6.04 Å². The van der Waals surface area contributed by atoms with E-state index >= 15 is 0 Å². The van der Waals surface area contributed by atoms with E-state index in [1.807, 2.05) is 54.7 Å². The predicted molar refractivity (Wildman–Crippen MR) is 110 cm³/mol. The number of fused-ring (bicyclic) bond motifs is 1. The average Bonchev–Trinajstić information content (AvgIpc) is 3.18. The molecule has 0 unspecified atom stereocenters. The van der Waals surface area contributed by atoms with Crippen molar-refractivity contribution in [1.29, 1.82) is 0 Å². The van der Waals surface area contributed by atoms with Gasteiger partial charge in [-0.2, -0.15) is 0 Å². The van der Waals surface area contributed by atoms with Gasteiger partial charge in [0.2, 0.25) is 0 Å². The molecule has 0 saturated carbocycles. The molecule has 4 N–H and O–H groups in total. The summed E-state index contributed by atoms with van der Waals surface area (Å²) < 4.78 is 4.97. The third kappa shape index (κ3) is 5.31. The molecule has 1 amide bonds. The molecule has 2 aromatic carbocycles. The number of benzene rings is 2. The summed E-state index contributed by atoms with van der Waals surface area (Å²) in [5, 5.41) is 12.8. The number of esters is 1. The lowest BCUT2D eigenvalue weighted by molar-refractivity contribution is -0.143. The highest BCUT2D eigenvalue weighted by Gasteiger charge is 2.20. The third-order valence-corrected chi connectivity index (χ3v) is 4.65. The van der Waals surface area contributed by atoms with E-state index in [1.165, 1.54) is 13.2 Å². The maximum atomic E-state index is 12.3. The summed E-state index contributed by atoms with van der Waals surface area (Å²) in [7, 11) is 1.38. The number of H-pyrrole nitrogens is 1. The van der Waals surface area contributed by atoms with E-state index in [0.717, 1.165) is 27.6 Å². The van der Waals surface area contributed by atoms with Crippen molar-refractivity contribution in [2.45, 2.75) is 19.0 Å². The van der Waals surface area contributed by atoms with E-state index in [-0.39, 0.29) is 5.97 Å². The van der Waals surface area contributed by atoms with Crippen molar-refractivity contribution in [3.05, 3.63) is 77.5 Å². The molecule has 3 rings (SSSR count). The molecule has 0 aliphatic heterocycles. The maximum absolute atomic E-state index is 12.3. The molecule has 1 aromatic heterocycles. The Kier molecular flexibility index (Phi) is 6.78. The Morgan fingerprint density at radius 2 is 1.93 bits per heavy atom. The largest absolute Gasteiger partial charge is 0.468 e. The smallest absolute Gasteiger partial charge is 0.323 e. The first-order chi connectivity index (χ1) is 14.1. The van der Waals surface area contributed by atoms with Crippen LogP contribution in [0.1, 0.15) is 16.7 Å². The quantitative estimate of drug-likeness (QED) is 0.204. The molecule has 1 heterocycles. The van der Waals surface area contributed by atoms with Gasteiger partial charge >= 0.3 is 5.97 Å². The summed E-state index contributed by atoms with van der Waals surface area (Å²) in [5.74, 6) is -0.904. The van der Waals surface area contributed by atoms with Crippen LogP contribution in [-0.4, -0.2) is 35.2 Å². The number of methoxy groups -OCH3 is 1. The van der Waals surface area contributed by atoms with E-state index < -0.39 is 11.9 Å². The second kappa shape index (κ2) is 9.68. The normalized spacial score (nSPS) is 12.2. The van der Waals surface area contributed by atoms with Gasteiger partial charge in [-0.15, -0.1) is 0 Å². The van der Waals surface area contributed by atoms with E-state index in [2.05, 4.69) is 10.3 Å². The number of rotatable bonds is 8. The molecule has 0 aliphatic rings. The average molecular weight is 393 g/mol. The number of aromatic nitrogens is 1. The number of hydrogen-bond acceptors (Lipinski definition) is 5. The summed E-state index contributed by atoms with van der Waals surface area (Å²) in [6, 6.07) is 15.0. The number of para-hydroxylation sites is 1. The van der Waals surface area contributed by atoms with E-state index in [4.69, 9.17) is 9.94 Å². The monoisotopic (exact) mass is 393 g/mol. The molecule has 7 heteroatoms. The van der Waals surface area contributed by atoms with Gasteiger partial charge in [-0.05, 0) is 28.8 Å². The number of ether oxygens (including phenoxy) is 1. The predicted octanol–water partition coefficient (Wildman–Crippen LogP) is 2.56. The van der Waals surface area contributed by atoms with Gasteiger partial charge in [0.25, 0.3) is 5.91 Å². The topological polar surface area (TPSA) is 103 Å². The molecule has 29 heavy (non-hydrogen) atoms. The number of carbonyl (C=O) groups is 2. The van der Waals surface area contributed by atoms with Gasteiger partial charge in [0.05, 0.1) is 7.11 Å². The van der Waals surface area contributed by atoms with Crippen molar-refractivity contribution >= 4 is 28.9 Å². The Morgan fingerprint density at radius 1 is 1.17 bits per heavy atom. The van der Waals surface area contributed by atoms with Crippen LogP contribution in [-0.2, 0) is 27.3 Å². The highest BCUT2D eigenvalue weighted by atomic mass is 16.5. The standard InChI is InChI=1S/C22H23N3O4/c1-29-22(27)20(12-17-14-24-19-5-3-2-4-18(17)19)23-13-16-8-6-15(7-9-16)10-11-21(26)25-28/h2-11,14,20,23-24,28H,12-13H2,1H3,(H,25,26)/b11-10+/t20-/m0/s1. The fourth-order valence-electron chi connectivity index (χ4n) is 3.10. The van der Waals surface area contributed by atoms with E-state index in [0.29, 0.717) is 13.0 Å². The number of nitrogens with one attached hydrogen (secondary N) is 3. The zero-order valence-corrected chi connectivity index (χ0v) is 16.0.